The molecule has 1 saturated heterocycles. The SMILES string of the molecule is N#Cc1ccc(-c2cncc(C3CCCN3)c2)cc1C1CC1. The van der Waals surface area contributed by atoms with Crippen molar-refractivity contribution < 1.29 is 0 Å². The molecule has 2 fully saturated rings. The standard InChI is InChI=1S/C19H19N3/c20-10-15-6-5-14(9-18(15)13-3-4-13)16-8-17(12-21-11-16)19-2-1-7-22-19/h5-6,8-9,11-13,19,22H,1-4,7H2. The lowest BCUT2D eigenvalue weighted by Crippen LogP contribution is -2.13. The Morgan fingerprint density at radius 2 is 2.00 bits per heavy atom. The van der Waals surface area contributed by atoms with E-state index in [4.69, 9.17) is 0 Å². The number of hydrogen-bond donors (Lipinski definition) is 1. The Hall–Kier alpha value is -2.18. The zero-order valence-electron chi connectivity index (χ0n) is 12.5. The molecule has 22 heavy (non-hydrogen) atoms. The lowest BCUT2D eigenvalue weighted by Gasteiger charge is -2.12. The molecule has 0 radical (unpaired) electrons. The second-order valence-corrected chi connectivity index (χ2v) is 6.34. The van der Waals surface area contributed by atoms with Crippen LogP contribution >= 0.6 is 0 Å². The number of aromatic nitrogens is 1. The molecule has 1 aliphatic carbocycles. The molecular weight excluding hydrogens is 270 g/mol. The van der Waals surface area contributed by atoms with Crippen LogP contribution in [0.3, 0.4) is 0 Å². The van der Waals surface area contributed by atoms with Gasteiger partial charge in [0.15, 0.2) is 0 Å². The van der Waals surface area contributed by atoms with Crippen molar-refractivity contribution in [1.82, 2.24) is 10.3 Å². The maximum atomic E-state index is 9.27. The second-order valence-electron chi connectivity index (χ2n) is 6.34. The Morgan fingerprint density at radius 3 is 2.73 bits per heavy atom. The molecule has 0 bridgehead atoms. The van der Waals surface area contributed by atoms with Crippen LogP contribution in [-0.4, -0.2) is 11.5 Å². The zero-order chi connectivity index (χ0) is 14.9. The molecule has 1 unspecified atom stereocenters. The molecule has 3 nitrogen and oxygen atoms in total. The number of benzene rings is 1. The number of pyridine rings is 1. The fourth-order valence-electron chi connectivity index (χ4n) is 3.35. The second kappa shape index (κ2) is 5.55. The summed E-state index contributed by atoms with van der Waals surface area (Å²) < 4.78 is 0. The monoisotopic (exact) mass is 289 g/mol. The van der Waals surface area contributed by atoms with Crippen molar-refractivity contribution in [2.45, 2.75) is 37.6 Å². The molecule has 1 atom stereocenters. The van der Waals surface area contributed by atoms with Crippen LogP contribution in [-0.2, 0) is 0 Å². The molecule has 2 aliphatic rings. The van der Waals surface area contributed by atoms with E-state index in [-0.39, 0.29) is 0 Å². The number of nitrogens with one attached hydrogen (secondary N) is 1. The van der Waals surface area contributed by atoms with Crippen molar-refractivity contribution in [3.05, 3.63) is 53.3 Å². The molecule has 1 saturated carbocycles. The normalized spacial score (nSPS) is 20.8. The van der Waals surface area contributed by atoms with Crippen LogP contribution in [0, 0.1) is 11.3 Å². The highest BCUT2D eigenvalue weighted by Crippen LogP contribution is 2.42. The predicted molar refractivity (Wildman–Crippen MR) is 86.3 cm³/mol. The van der Waals surface area contributed by atoms with E-state index in [1.165, 1.54) is 42.4 Å². The van der Waals surface area contributed by atoms with E-state index in [1.807, 2.05) is 24.5 Å². The molecule has 3 heteroatoms. The summed E-state index contributed by atoms with van der Waals surface area (Å²) in [6, 6.07) is 11.2. The molecule has 1 N–H and O–H groups in total. The molecule has 110 valence electrons. The number of nitrogens with zero attached hydrogens (tertiary/aromatic N) is 2. The van der Waals surface area contributed by atoms with Gasteiger partial charge in [-0.25, -0.2) is 0 Å². The molecule has 0 spiro atoms. The molecule has 0 amide bonds. The van der Waals surface area contributed by atoms with Gasteiger partial charge in [0.1, 0.15) is 0 Å². The maximum absolute atomic E-state index is 9.27. The van der Waals surface area contributed by atoms with Gasteiger partial charge in [-0.2, -0.15) is 5.26 Å². The van der Waals surface area contributed by atoms with Crippen LogP contribution in [0.5, 0.6) is 0 Å². The summed E-state index contributed by atoms with van der Waals surface area (Å²) in [5.41, 5.74) is 5.63. The molecule has 4 rings (SSSR count). The summed E-state index contributed by atoms with van der Waals surface area (Å²) in [7, 11) is 0. The topological polar surface area (TPSA) is 48.7 Å². The summed E-state index contributed by atoms with van der Waals surface area (Å²) in [5, 5.41) is 12.8. The number of nitriles is 1. The van der Waals surface area contributed by atoms with E-state index < -0.39 is 0 Å². The van der Waals surface area contributed by atoms with Crippen molar-refractivity contribution in [1.29, 1.82) is 5.26 Å². The molecule has 2 heterocycles. The largest absolute Gasteiger partial charge is 0.310 e. The van der Waals surface area contributed by atoms with Gasteiger partial charge in [0, 0.05) is 24.0 Å². The van der Waals surface area contributed by atoms with Crippen LogP contribution in [0.2, 0.25) is 0 Å². The van der Waals surface area contributed by atoms with E-state index in [0.717, 1.165) is 17.7 Å². The molecule has 1 aromatic heterocycles. The first-order valence-corrected chi connectivity index (χ1v) is 8.08. The van der Waals surface area contributed by atoms with Crippen LogP contribution in [0.1, 0.15) is 54.3 Å². The van der Waals surface area contributed by atoms with E-state index in [9.17, 15) is 5.26 Å². The summed E-state index contributed by atoms with van der Waals surface area (Å²) in [4.78, 5) is 4.43. The average Bonchev–Trinajstić information content (AvgIpc) is 3.28. The highest BCUT2D eigenvalue weighted by molar-refractivity contribution is 5.66. The van der Waals surface area contributed by atoms with Crippen molar-refractivity contribution in [2.24, 2.45) is 0 Å². The Labute approximate surface area is 131 Å². The van der Waals surface area contributed by atoms with Gasteiger partial charge in [-0.1, -0.05) is 6.07 Å². The van der Waals surface area contributed by atoms with E-state index in [0.29, 0.717) is 12.0 Å². The predicted octanol–water partition coefficient (Wildman–Crippen LogP) is 3.92. The minimum Gasteiger partial charge on any atom is -0.310 e. The fraction of sp³-hybridized carbons (Fsp3) is 0.368. The molecule has 2 aromatic rings. The van der Waals surface area contributed by atoms with Gasteiger partial charge >= 0.3 is 0 Å². The Morgan fingerprint density at radius 1 is 1.09 bits per heavy atom. The third-order valence-electron chi connectivity index (χ3n) is 4.74. The first kappa shape index (κ1) is 13.5. The van der Waals surface area contributed by atoms with Gasteiger partial charge in [0.05, 0.1) is 11.6 Å². The maximum Gasteiger partial charge on any atom is 0.0994 e. The van der Waals surface area contributed by atoms with Gasteiger partial charge in [0.2, 0.25) is 0 Å². The summed E-state index contributed by atoms with van der Waals surface area (Å²) in [6.45, 7) is 1.09. The highest BCUT2D eigenvalue weighted by Gasteiger charge is 2.26. The quantitative estimate of drug-likeness (QED) is 0.931. The van der Waals surface area contributed by atoms with Gasteiger partial charge in [-0.05, 0) is 73.0 Å². The van der Waals surface area contributed by atoms with Crippen molar-refractivity contribution in [2.75, 3.05) is 6.54 Å². The van der Waals surface area contributed by atoms with Crippen molar-refractivity contribution in [3.8, 4) is 17.2 Å². The zero-order valence-corrected chi connectivity index (χ0v) is 12.5. The van der Waals surface area contributed by atoms with Crippen molar-refractivity contribution >= 4 is 0 Å². The molecule has 1 aromatic carbocycles. The first-order chi connectivity index (χ1) is 10.8. The highest BCUT2D eigenvalue weighted by atomic mass is 14.9. The van der Waals surface area contributed by atoms with Gasteiger partial charge in [0.25, 0.3) is 0 Å². The van der Waals surface area contributed by atoms with E-state index in [1.54, 1.807) is 0 Å². The van der Waals surface area contributed by atoms with Crippen LogP contribution in [0.25, 0.3) is 11.1 Å². The smallest absolute Gasteiger partial charge is 0.0994 e. The summed E-state index contributed by atoms with van der Waals surface area (Å²) >= 11 is 0. The minimum absolute atomic E-state index is 0.439. The fourth-order valence-corrected chi connectivity index (χ4v) is 3.35. The number of rotatable bonds is 3. The Bertz CT molecular complexity index is 735. The third kappa shape index (κ3) is 2.51. The van der Waals surface area contributed by atoms with E-state index in [2.05, 4.69) is 28.5 Å². The summed E-state index contributed by atoms with van der Waals surface area (Å²) in [6.07, 6.45) is 8.74. The molecular formula is C19H19N3. The van der Waals surface area contributed by atoms with Gasteiger partial charge in [-0.15, -0.1) is 0 Å². The van der Waals surface area contributed by atoms with Gasteiger partial charge in [-0.3, -0.25) is 4.98 Å². The third-order valence-corrected chi connectivity index (χ3v) is 4.74. The van der Waals surface area contributed by atoms with E-state index >= 15 is 0 Å². The lowest BCUT2D eigenvalue weighted by molar-refractivity contribution is 0.645. The Kier molecular flexibility index (Phi) is 3.40. The first-order valence-electron chi connectivity index (χ1n) is 8.08. The minimum atomic E-state index is 0.439. The van der Waals surface area contributed by atoms with Crippen LogP contribution in [0.4, 0.5) is 0 Å². The van der Waals surface area contributed by atoms with Crippen LogP contribution in [0.15, 0.2) is 36.7 Å². The average molecular weight is 289 g/mol. The van der Waals surface area contributed by atoms with Crippen molar-refractivity contribution in [3.63, 3.8) is 0 Å². The van der Waals surface area contributed by atoms with Crippen LogP contribution < -0.4 is 5.32 Å². The van der Waals surface area contributed by atoms with Gasteiger partial charge < -0.3 is 5.32 Å². The number of hydrogen-bond acceptors (Lipinski definition) is 3. The lowest BCUT2D eigenvalue weighted by atomic mass is 9.96. The Balaban J connectivity index is 1.71. The molecule has 1 aliphatic heterocycles. The summed E-state index contributed by atoms with van der Waals surface area (Å²) in [5.74, 6) is 0.585.